The Hall–Kier alpha value is -2.37. The van der Waals surface area contributed by atoms with Gasteiger partial charge in [-0.15, -0.1) is 0 Å². The minimum absolute atomic E-state index is 0.00696. The van der Waals surface area contributed by atoms with Crippen LogP contribution in [0.3, 0.4) is 0 Å². The summed E-state index contributed by atoms with van der Waals surface area (Å²) in [5.41, 5.74) is 0.0534. The number of ether oxygens (including phenoxy) is 2. The Morgan fingerprint density at radius 3 is 1.94 bits per heavy atom. The van der Waals surface area contributed by atoms with Crippen molar-refractivity contribution < 1.29 is 18.7 Å². The summed E-state index contributed by atoms with van der Waals surface area (Å²) in [7, 11) is -2.61. The molecule has 2 atom stereocenters. The molecule has 0 spiro atoms. The van der Waals surface area contributed by atoms with E-state index in [4.69, 9.17) is 13.9 Å². The zero-order chi connectivity index (χ0) is 25.9. The van der Waals surface area contributed by atoms with E-state index in [9.17, 15) is 4.79 Å². The van der Waals surface area contributed by atoms with E-state index < -0.39 is 13.9 Å². The molecular weight excluding hydrogens is 452 g/mol. The lowest BCUT2D eigenvalue weighted by molar-refractivity contribution is -0.150. The highest BCUT2D eigenvalue weighted by molar-refractivity contribution is 6.99. The van der Waals surface area contributed by atoms with Crippen molar-refractivity contribution in [1.82, 2.24) is 0 Å². The van der Waals surface area contributed by atoms with Gasteiger partial charge in [-0.05, 0) is 56.5 Å². The lowest BCUT2D eigenvalue weighted by atomic mass is 10.1. The fourth-order valence-corrected chi connectivity index (χ4v) is 9.65. The first-order chi connectivity index (χ1) is 16.3. The second-order valence-electron chi connectivity index (χ2n) is 11.7. The van der Waals surface area contributed by atoms with Gasteiger partial charge >= 0.3 is 5.97 Å². The Labute approximate surface area is 212 Å². The molecule has 5 heteroatoms. The summed E-state index contributed by atoms with van der Waals surface area (Å²) >= 11 is 0. The second kappa shape index (κ2) is 10.7. The normalized spacial score (nSPS) is 19.1. The van der Waals surface area contributed by atoms with Gasteiger partial charge in [-0.1, -0.05) is 81.4 Å². The molecule has 0 unspecified atom stereocenters. The van der Waals surface area contributed by atoms with Crippen LogP contribution in [0.5, 0.6) is 0 Å². The first kappa shape index (κ1) is 27.2. The van der Waals surface area contributed by atoms with Gasteiger partial charge in [0.2, 0.25) is 0 Å². The van der Waals surface area contributed by atoms with Gasteiger partial charge in [0.1, 0.15) is 17.5 Å². The molecular formula is C30H42O4Si. The van der Waals surface area contributed by atoms with Crippen LogP contribution in [0.15, 0.2) is 72.0 Å². The number of carbonyl (C=O) groups excluding carboxylic acids is 1. The minimum Gasteiger partial charge on any atom is -0.494 e. The predicted octanol–water partition coefficient (Wildman–Crippen LogP) is 6.14. The van der Waals surface area contributed by atoms with Crippen LogP contribution in [0.1, 0.15) is 74.7 Å². The topological polar surface area (TPSA) is 44.8 Å². The zero-order valence-electron chi connectivity index (χ0n) is 22.7. The molecule has 1 heterocycles. The van der Waals surface area contributed by atoms with Crippen molar-refractivity contribution in [2.45, 2.75) is 97.5 Å². The predicted molar refractivity (Wildman–Crippen MR) is 145 cm³/mol. The Morgan fingerprint density at radius 2 is 1.49 bits per heavy atom. The number of carbonyl (C=O) groups is 1. The maximum absolute atomic E-state index is 12.5. The number of hydrogen-bond acceptors (Lipinski definition) is 4. The van der Waals surface area contributed by atoms with Crippen molar-refractivity contribution >= 4 is 24.7 Å². The monoisotopic (exact) mass is 494 g/mol. The number of hydrogen-bond donors (Lipinski definition) is 0. The molecule has 0 aromatic heterocycles. The molecule has 3 rings (SSSR count). The fourth-order valence-electron chi connectivity index (χ4n) is 4.93. The maximum atomic E-state index is 12.5. The highest BCUT2D eigenvalue weighted by Gasteiger charge is 2.51. The zero-order valence-corrected chi connectivity index (χ0v) is 23.7. The molecule has 0 amide bonds. The molecule has 0 bridgehead atoms. The molecule has 1 saturated heterocycles. The van der Waals surface area contributed by atoms with Crippen LogP contribution < -0.4 is 10.4 Å². The van der Waals surface area contributed by atoms with Crippen molar-refractivity contribution in [3.63, 3.8) is 0 Å². The standard InChI is InChI=1S/C30H42O4Si/c1-22(21-24-19-20-27(32-24)23(2)28(31)33-29(3,4)5)34-35(30(6,7)8,25-15-11-9-12-16-25)26-17-13-10-14-18-26/h9-18,22,24H,19-21H2,1-8H3/b27-23-/t22-,24-/m0/s1. The molecule has 1 aliphatic heterocycles. The summed E-state index contributed by atoms with van der Waals surface area (Å²) in [5, 5.41) is 2.48. The molecule has 1 fully saturated rings. The van der Waals surface area contributed by atoms with Gasteiger partial charge in [-0.2, -0.15) is 0 Å². The van der Waals surface area contributed by atoms with Crippen LogP contribution in [-0.4, -0.2) is 32.1 Å². The average Bonchev–Trinajstić information content (AvgIpc) is 3.24. The molecule has 2 aromatic rings. The third kappa shape index (κ3) is 6.45. The maximum Gasteiger partial charge on any atom is 0.337 e. The summed E-state index contributed by atoms with van der Waals surface area (Å²) in [6, 6.07) is 21.4. The van der Waals surface area contributed by atoms with Gasteiger partial charge in [0.05, 0.1) is 5.57 Å². The number of esters is 1. The van der Waals surface area contributed by atoms with Gasteiger partial charge in [-0.3, -0.25) is 0 Å². The van der Waals surface area contributed by atoms with Gasteiger partial charge in [0.15, 0.2) is 0 Å². The van der Waals surface area contributed by atoms with E-state index in [-0.39, 0.29) is 23.2 Å². The Balaban J connectivity index is 1.83. The van der Waals surface area contributed by atoms with Crippen molar-refractivity contribution in [3.8, 4) is 0 Å². The summed E-state index contributed by atoms with van der Waals surface area (Å²) < 4.78 is 19.0. The van der Waals surface area contributed by atoms with Crippen LogP contribution in [-0.2, 0) is 18.7 Å². The van der Waals surface area contributed by atoms with Crippen LogP contribution in [0.2, 0.25) is 5.04 Å². The molecule has 0 aliphatic carbocycles. The first-order valence-corrected chi connectivity index (χ1v) is 14.6. The van der Waals surface area contributed by atoms with Gasteiger partial charge in [0.25, 0.3) is 8.32 Å². The second-order valence-corrected chi connectivity index (χ2v) is 15.9. The van der Waals surface area contributed by atoms with E-state index in [2.05, 4.69) is 88.4 Å². The summed E-state index contributed by atoms with van der Waals surface area (Å²) in [6.07, 6.45) is 2.42. The molecule has 0 saturated carbocycles. The lowest BCUT2D eigenvalue weighted by Crippen LogP contribution is -2.67. The molecule has 190 valence electrons. The van der Waals surface area contributed by atoms with E-state index >= 15 is 0 Å². The SMILES string of the molecule is C/C(C(=O)OC(C)(C)C)=C1\CC[C@@H](C[C@H](C)O[Si](c2ccccc2)(c2ccccc2)C(C)(C)C)O1. The molecule has 0 radical (unpaired) electrons. The fraction of sp³-hybridized carbons (Fsp3) is 0.500. The smallest absolute Gasteiger partial charge is 0.337 e. The molecule has 0 N–H and O–H groups in total. The molecule has 1 aliphatic rings. The minimum atomic E-state index is -2.61. The Kier molecular flexibility index (Phi) is 8.33. The molecule has 2 aromatic carbocycles. The summed E-state index contributed by atoms with van der Waals surface area (Å²) in [4.78, 5) is 12.5. The lowest BCUT2D eigenvalue weighted by Gasteiger charge is -2.45. The van der Waals surface area contributed by atoms with Crippen LogP contribution >= 0.6 is 0 Å². The highest BCUT2D eigenvalue weighted by Crippen LogP contribution is 2.38. The largest absolute Gasteiger partial charge is 0.494 e. The summed E-state index contributed by atoms with van der Waals surface area (Å²) in [5.74, 6) is 0.451. The number of benzene rings is 2. The quantitative estimate of drug-likeness (QED) is 0.264. The van der Waals surface area contributed by atoms with E-state index in [1.54, 1.807) is 6.92 Å². The van der Waals surface area contributed by atoms with Gasteiger partial charge < -0.3 is 13.9 Å². The highest BCUT2D eigenvalue weighted by atomic mass is 28.4. The Morgan fingerprint density at radius 1 is 0.971 bits per heavy atom. The van der Waals surface area contributed by atoms with E-state index in [1.807, 2.05) is 20.8 Å². The van der Waals surface area contributed by atoms with Crippen LogP contribution in [0, 0.1) is 0 Å². The van der Waals surface area contributed by atoms with Crippen LogP contribution in [0.25, 0.3) is 0 Å². The Bertz CT molecular complexity index is 976. The van der Waals surface area contributed by atoms with Crippen molar-refractivity contribution in [2.75, 3.05) is 0 Å². The third-order valence-electron chi connectivity index (χ3n) is 6.52. The van der Waals surface area contributed by atoms with E-state index in [0.717, 1.165) is 25.0 Å². The van der Waals surface area contributed by atoms with Gasteiger partial charge in [0, 0.05) is 18.9 Å². The van der Waals surface area contributed by atoms with E-state index in [1.165, 1.54) is 10.4 Å². The van der Waals surface area contributed by atoms with Crippen molar-refractivity contribution in [3.05, 3.63) is 72.0 Å². The van der Waals surface area contributed by atoms with Gasteiger partial charge in [-0.25, -0.2) is 4.79 Å². The number of rotatable bonds is 7. The third-order valence-corrected chi connectivity index (χ3v) is 11.7. The number of allylic oxidation sites excluding steroid dienone is 1. The molecule has 35 heavy (non-hydrogen) atoms. The molecule has 4 nitrogen and oxygen atoms in total. The summed E-state index contributed by atoms with van der Waals surface area (Å²) in [6.45, 7) is 16.5. The first-order valence-electron chi connectivity index (χ1n) is 12.7. The van der Waals surface area contributed by atoms with Crippen molar-refractivity contribution in [2.24, 2.45) is 0 Å². The van der Waals surface area contributed by atoms with Crippen molar-refractivity contribution in [1.29, 1.82) is 0 Å². The van der Waals surface area contributed by atoms with Crippen LogP contribution in [0.4, 0.5) is 0 Å². The van der Waals surface area contributed by atoms with E-state index in [0.29, 0.717) is 5.57 Å². The average molecular weight is 495 g/mol.